The van der Waals surface area contributed by atoms with Crippen molar-refractivity contribution in [2.24, 2.45) is 10.7 Å². The molecule has 1 aliphatic rings. The van der Waals surface area contributed by atoms with Crippen LogP contribution in [0, 0.1) is 0 Å². The molecule has 0 unspecified atom stereocenters. The van der Waals surface area contributed by atoms with Crippen LogP contribution in [0.2, 0.25) is 0 Å². The molecule has 2 rings (SSSR count). The molecule has 3 N–H and O–H groups in total. The Morgan fingerprint density at radius 1 is 1.41 bits per heavy atom. The van der Waals surface area contributed by atoms with Crippen LogP contribution in [0.1, 0.15) is 26.7 Å². The van der Waals surface area contributed by atoms with Gasteiger partial charge in [-0.05, 0) is 38.8 Å². The number of hydrogen-bond donors (Lipinski definition) is 2. The molecule has 0 amide bonds. The third kappa shape index (κ3) is 5.64. The van der Waals surface area contributed by atoms with Crippen molar-refractivity contribution in [3.8, 4) is 5.75 Å². The Hall–Kier alpha value is -1.02. The molecule has 1 aliphatic carbocycles. The van der Waals surface area contributed by atoms with Crippen molar-refractivity contribution in [3.63, 3.8) is 0 Å². The summed E-state index contributed by atoms with van der Waals surface area (Å²) >= 11 is 0. The normalized spacial score (nSPS) is 14.9. The van der Waals surface area contributed by atoms with Gasteiger partial charge in [0.1, 0.15) is 5.75 Å². The van der Waals surface area contributed by atoms with Crippen LogP contribution >= 0.6 is 24.0 Å². The summed E-state index contributed by atoms with van der Waals surface area (Å²) in [6.45, 7) is 6.14. The van der Waals surface area contributed by atoms with E-state index in [1.165, 1.54) is 12.8 Å². The minimum absolute atomic E-state index is 0. The summed E-state index contributed by atoms with van der Waals surface area (Å²) < 4.78 is 5.28. The number of aliphatic imine (C=N–C) groups is 1. The van der Waals surface area contributed by atoms with E-state index < -0.39 is 0 Å². The Bertz CT molecular complexity index is 487. The van der Waals surface area contributed by atoms with Gasteiger partial charge in [-0.25, -0.2) is 0 Å². The molecule has 5 nitrogen and oxygen atoms in total. The summed E-state index contributed by atoms with van der Waals surface area (Å²) in [5, 5.41) is 3.09. The molecule has 0 aliphatic heterocycles. The maximum Gasteiger partial charge on any atom is 0.193 e. The summed E-state index contributed by atoms with van der Waals surface area (Å²) in [5.41, 5.74) is 6.79. The molecule has 0 radical (unpaired) electrons. The third-order valence-corrected chi connectivity index (χ3v) is 3.69. The lowest BCUT2D eigenvalue weighted by Gasteiger charge is -2.25. The van der Waals surface area contributed by atoms with Crippen molar-refractivity contribution in [2.75, 3.05) is 25.5 Å². The Kier molecular flexibility index (Phi) is 7.95. The first kappa shape index (κ1) is 19.0. The summed E-state index contributed by atoms with van der Waals surface area (Å²) in [6, 6.07) is 8.99. The maximum absolute atomic E-state index is 5.95. The van der Waals surface area contributed by atoms with E-state index >= 15 is 0 Å². The fourth-order valence-electron chi connectivity index (χ4n) is 2.48. The van der Waals surface area contributed by atoms with Gasteiger partial charge in [0.05, 0.1) is 19.3 Å². The number of rotatable bonds is 7. The monoisotopic (exact) mass is 418 g/mol. The minimum atomic E-state index is 0. The first-order chi connectivity index (χ1) is 10.1. The Morgan fingerprint density at radius 3 is 2.68 bits per heavy atom. The molecular weight excluding hydrogens is 391 g/mol. The van der Waals surface area contributed by atoms with Gasteiger partial charge in [-0.1, -0.05) is 12.1 Å². The van der Waals surface area contributed by atoms with E-state index in [1.54, 1.807) is 7.11 Å². The first-order valence-corrected chi connectivity index (χ1v) is 7.57. The van der Waals surface area contributed by atoms with Gasteiger partial charge in [0.2, 0.25) is 0 Å². The van der Waals surface area contributed by atoms with Crippen LogP contribution in [0.5, 0.6) is 5.75 Å². The Labute approximate surface area is 150 Å². The fraction of sp³-hybridized carbons (Fsp3) is 0.562. The van der Waals surface area contributed by atoms with Crippen molar-refractivity contribution in [3.05, 3.63) is 24.3 Å². The second kappa shape index (κ2) is 9.19. The topological polar surface area (TPSA) is 62.9 Å². The third-order valence-electron chi connectivity index (χ3n) is 3.69. The number of halogens is 1. The Morgan fingerprint density at radius 2 is 2.09 bits per heavy atom. The van der Waals surface area contributed by atoms with Crippen LogP contribution in [-0.4, -0.2) is 43.1 Å². The zero-order valence-electron chi connectivity index (χ0n) is 13.6. The van der Waals surface area contributed by atoms with Gasteiger partial charge >= 0.3 is 0 Å². The number of methoxy groups -OCH3 is 1. The van der Waals surface area contributed by atoms with Gasteiger partial charge in [0.25, 0.3) is 0 Å². The largest absolute Gasteiger partial charge is 0.495 e. The summed E-state index contributed by atoms with van der Waals surface area (Å²) in [4.78, 5) is 6.91. The van der Waals surface area contributed by atoms with Crippen LogP contribution in [-0.2, 0) is 0 Å². The highest BCUT2D eigenvalue weighted by Gasteiger charge is 2.29. The van der Waals surface area contributed by atoms with E-state index in [9.17, 15) is 0 Å². The molecule has 1 aromatic carbocycles. The van der Waals surface area contributed by atoms with Gasteiger partial charge in [-0.3, -0.25) is 9.89 Å². The van der Waals surface area contributed by atoms with Crippen LogP contribution in [0.3, 0.4) is 0 Å². The quantitative estimate of drug-likeness (QED) is 0.406. The number of guanidine groups is 1. The van der Waals surface area contributed by atoms with Gasteiger partial charge in [0, 0.05) is 18.6 Å². The standard InChI is InChI=1S/C16H26N4O.HI/c1-12(2)20(13-8-9-13)11-10-18-16(17)19-14-6-4-5-7-15(14)21-3;/h4-7,12-13H,8-11H2,1-3H3,(H3,17,18,19);1H. The molecule has 22 heavy (non-hydrogen) atoms. The highest BCUT2D eigenvalue weighted by atomic mass is 127. The predicted molar refractivity (Wildman–Crippen MR) is 103 cm³/mol. The van der Waals surface area contributed by atoms with Crippen molar-refractivity contribution in [1.29, 1.82) is 0 Å². The number of para-hydroxylation sites is 2. The zero-order chi connectivity index (χ0) is 15.2. The lowest BCUT2D eigenvalue weighted by Crippen LogP contribution is -2.35. The highest BCUT2D eigenvalue weighted by Crippen LogP contribution is 2.28. The number of nitrogens with one attached hydrogen (secondary N) is 1. The number of hydrogen-bond acceptors (Lipinski definition) is 3. The molecular formula is C16H27IN4O. The average Bonchev–Trinajstić information content (AvgIpc) is 3.28. The van der Waals surface area contributed by atoms with Gasteiger partial charge < -0.3 is 15.8 Å². The van der Waals surface area contributed by atoms with E-state index in [2.05, 4.69) is 29.1 Å². The number of nitrogens with two attached hydrogens (primary N) is 1. The predicted octanol–water partition coefficient (Wildman–Crippen LogP) is 2.91. The Balaban J connectivity index is 0.00000242. The molecule has 6 heteroatoms. The molecule has 124 valence electrons. The molecule has 0 bridgehead atoms. The fourth-order valence-corrected chi connectivity index (χ4v) is 2.48. The smallest absolute Gasteiger partial charge is 0.193 e. The summed E-state index contributed by atoms with van der Waals surface area (Å²) in [6.07, 6.45) is 2.63. The van der Waals surface area contributed by atoms with Gasteiger partial charge in [0.15, 0.2) is 5.96 Å². The summed E-state index contributed by atoms with van der Waals surface area (Å²) in [7, 11) is 1.64. The van der Waals surface area contributed by atoms with Gasteiger partial charge in [-0.15, -0.1) is 24.0 Å². The zero-order valence-corrected chi connectivity index (χ0v) is 15.9. The minimum Gasteiger partial charge on any atom is -0.495 e. The second-order valence-corrected chi connectivity index (χ2v) is 5.65. The average molecular weight is 418 g/mol. The second-order valence-electron chi connectivity index (χ2n) is 5.65. The lowest BCUT2D eigenvalue weighted by molar-refractivity contribution is 0.218. The van der Waals surface area contributed by atoms with Crippen LogP contribution in [0.4, 0.5) is 5.69 Å². The molecule has 1 saturated carbocycles. The highest BCUT2D eigenvalue weighted by molar-refractivity contribution is 14.0. The molecule has 0 heterocycles. The molecule has 0 aromatic heterocycles. The van der Waals surface area contributed by atoms with Crippen molar-refractivity contribution < 1.29 is 4.74 Å². The van der Waals surface area contributed by atoms with Crippen LogP contribution in [0.15, 0.2) is 29.3 Å². The van der Waals surface area contributed by atoms with E-state index in [1.807, 2.05) is 24.3 Å². The van der Waals surface area contributed by atoms with Crippen molar-refractivity contribution >= 4 is 35.6 Å². The van der Waals surface area contributed by atoms with Crippen LogP contribution in [0.25, 0.3) is 0 Å². The van der Waals surface area contributed by atoms with E-state index in [4.69, 9.17) is 10.5 Å². The SMILES string of the molecule is COc1ccccc1NC(N)=NCCN(C(C)C)C1CC1.I. The van der Waals surface area contributed by atoms with E-state index in [-0.39, 0.29) is 24.0 Å². The number of anilines is 1. The molecule has 0 saturated heterocycles. The molecule has 1 fully saturated rings. The lowest BCUT2D eigenvalue weighted by atomic mass is 10.3. The molecule has 1 aromatic rings. The van der Waals surface area contributed by atoms with Crippen molar-refractivity contribution in [1.82, 2.24) is 4.90 Å². The summed E-state index contributed by atoms with van der Waals surface area (Å²) in [5.74, 6) is 1.19. The molecule has 0 spiro atoms. The number of benzene rings is 1. The maximum atomic E-state index is 5.95. The van der Waals surface area contributed by atoms with Gasteiger partial charge in [-0.2, -0.15) is 0 Å². The first-order valence-electron chi connectivity index (χ1n) is 7.57. The van der Waals surface area contributed by atoms with Crippen molar-refractivity contribution in [2.45, 2.75) is 38.8 Å². The van der Waals surface area contributed by atoms with Crippen LogP contribution < -0.4 is 15.8 Å². The number of ether oxygens (including phenoxy) is 1. The van der Waals surface area contributed by atoms with E-state index in [0.717, 1.165) is 24.0 Å². The number of nitrogens with zero attached hydrogens (tertiary/aromatic N) is 2. The van der Waals surface area contributed by atoms with E-state index in [0.29, 0.717) is 18.5 Å². The molecule has 0 atom stereocenters.